The fraction of sp³-hybridized carbons (Fsp3) is 0.381. The molecule has 27 heavy (non-hydrogen) atoms. The largest absolute Gasteiger partial charge is 0.508 e. The van der Waals surface area contributed by atoms with E-state index in [-0.39, 0.29) is 23.7 Å². The van der Waals surface area contributed by atoms with Gasteiger partial charge in [-0.25, -0.2) is 10.9 Å². The maximum atomic E-state index is 13.1. The van der Waals surface area contributed by atoms with Crippen LogP contribution in [-0.2, 0) is 16.1 Å². The van der Waals surface area contributed by atoms with Crippen LogP contribution in [0.3, 0.4) is 0 Å². The SMILES string of the molecule is COCCN(Cc1ccccc1C)C(=O)C1CC(c2ccccc2O)NN1. The van der Waals surface area contributed by atoms with Gasteiger partial charge in [0.25, 0.3) is 0 Å². The molecule has 3 rings (SSSR count). The number of benzene rings is 2. The van der Waals surface area contributed by atoms with Gasteiger partial charge in [0.1, 0.15) is 11.8 Å². The van der Waals surface area contributed by atoms with E-state index in [1.807, 2.05) is 35.2 Å². The number of aryl methyl sites for hydroxylation is 1. The molecular formula is C21H27N3O3. The van der Waals surface area contributed by atoms with Gasteiger partial charge in [-0.15, -0.1) is 0 Å². The van der Waals surface area contributed by atoms with E-state index in [0.29, 0.717) is 26.1 Å². The fourth-order valence-electron chi connectivity index (χ4n) is 3.39. The highest BCUT2D eigenvalue weighted by Gasteiger charge is 2.33. The number of nitrogens with zero attached hydrogens (tertiary/aromatic N) is 1. The van der Waals surface area contributed by atoms with Crippen LogP contribution < -0.4 is 10.9 Å². The molecule has 0 aliphatic carbocycles. The number of methoxy groups -OCH3 is 1. The zero-order valence-corrected chi connectivity index (χ0v) is 15.8. The molecule has 1 heterocycles. The summed E-state index contributed by atoms with van der Waals surface area (Å²) in [6, 6.07) is 14.8. The van der Waals surface area contributed by atoms with Crippen LogP contribution in [0.5, 0.6) is 5.75 Å². The van der Waals surface area contributed by atoms with Crippen LogP contribution in [0.25, 0.3) is 0 Å². The number of hydrogen-bond donors (Lipinski definition) is 3. The number of para-hydroxylation sites is 1. The number of ether oxygens (including phenoxy) is 1. The Kier molecular flexibility index (Phi) is 6.45. The lowest BCUT2D eigenvalue weighted by Gasteiger charge is -2.26. The van der Waals surface area contributed by atoms with Gasteiger partial charge in [-0.1, -0.05) is 42.5 Å². The van der Waals surface area contributed by atoms with Crippen molar-refractivity contribution >= 4 is 5.91 Å². The van der Waals surface area contributed by atoms with Crippen molar-refractivity contribution in [2.45, 2.75) is 32.0 Å². The van der Waals surface area contributed by atoms with E-state index < -0.39 is 0 Å². The number of hydrazine groups is 1. The van der Waals surface area contributed by atoms with Crippen LogP contribution in [0, 0.1) is 6.92 Å². The molecule has 144 valence electrons. The number of phenols is 1. The van der Waals surface area contributed by atoms with Gasteiger partial charge in [-0.05, 0) is 30.5 Å². The summed E-state index contributed by atoms with van der Waals surface area (Å²) in [7, 11) is 1.64. The summed E-state index contributed by atoms with van der Waals surface area (Å²) < 4.78 is 5.20. The maximum absolute atomic E-state index is 13.1. The van der Waals surface area contributed by atoms with E-state index in [2.05, 4.69) is 23.8 Å². The van der Waals surface area contributed by atoms with Crippen molar-refractivity contribution < 1.29 is 14.6 Å². The first kappa shape index (κ1) is 19.4. The van der Waals surface area contributed by atoms with Gasteiger partial charge in [-0.2, -0.15) is 0 Å². The quantitative estimate of drug-likeness (QED) is 0.698. The van der Waals surface area contributed by atoms with Crippen molar-refractivity contribution in [3.05, 3.63) is 65.2 Å². The molecule has 1 amide bonds. The van der Waals surface area contributed by atoms with Crippen molar-refractivity contribution in [3.8, 4) is 5.75 Å². The lowest BCUT2D eigenvalue weighted by Crippen LogP contribution is -2.46. The second-order valence-electron chi connectivity index (χ2n) is 6.87. The second kappa shape index (κ2) is 8.99. The number of amides is 1. The summed E-state index contributed by atoms with van der Waals surface area (Å²) in [6.07, 6.45) is 0.577. The summed E-state index contributed by atoms with van der Waals surface area (Å²) >= 11 is 0. The minimum absolute atomic E-state index is 0.0284. The van der Waals surface area contributed by atoms with Crippen molar-refractivity contribution in [2.24, 2.45) is 0 Å². The molecule has 0 radical (unpaired) electrons. The molecule has 1 aliphatic rings. The molecule has 0 aromatic heterocycles. The molecule has 1 fully saturated rings. The third kappa shape index (κ3) is 4.66. The molecule has 6 heteroatoms. The molecular weight excluding hydrogens is 342 g/mol. The minimum atomic E-state index is -0.351. The summed E-state index contributed by atoms with van der Waals surface area (Å²) in [6.45, 7) is 3.62. The standard InChI is InChI=1S/C21H27N3O3/c1-15-7-3-4-8-16(15)14-24(11-12-27-2)21(26)19-13-18(22-23-19)17-9-5-6-10-20(17)25/h3-10,18-19,22-23,25H,11-14H2,1-2H3. The van der Waals surface area contributed by atoms with E-state index in [1.165, 1.54) is 0 Å². The summed E-state index contributed by atoms with van der Waals surface area (Å²) in [5.41, 5.74) is 9.33. The van der Waals surface area contributed by atoms with Crippen LogP contribution in [0.4, 0.5) is 0 Å². The topological polar surface area (TPSA) is 73.8 Å². The number of nitrogens with one attached hydrogen (secondary N) is 2. The highest BCUT2D eigenvalue weighted by molar-refractivity contribution is 5.82. The molecule has 0 spiro atoms. The van der Waals surface area contributed by atoms with Gasteiger partial charge < -0.3 is 14.7 Å². The predicted octanol–water partition coefficient (Wildman–Crippen LogP) is 2.28. The Morgan fingerprint density at radius 2 is 1.93 bits per heavy atom. The highest BCUT2D eigenvalue weighted by Crippen LogP contribution is 2.29. The van der Waals surface area contributed by atoms with Crippen molar-refractivity contribution in [1.29, 1.82) is 0 Å². The normalized spacial score (nSPS) is 19.2. The van der Waals surface area contributed by atoms with Gasteiger partial charge in [0.15, 0.2) is 0 Å². The number of aromatic hydroxyl groups is 1. The second-order valence-corrected chi connectivity index (χ2v) is 6.87. The maximum Gasteiger partial charge on any atom is 0.241 e. The van der Waals surface area contributed by atoms with Crippen LogP contribution in [-0.4, -0.2) is 42.2 Å². The first-order valence-electron chi connectivity index (χ1n) is 9.21. The Balaban J connectivity index is 1.70. The third-order valence-electron chi connectivity index (χ3n) is 5.01. The summed E-state index contributed by atoms with van der Waals surface area (Å²) in [5.74, 6) is 0.266. The molecule has 2 unspecified atom stereocenters. The Morgan fingerprint density at radius 3 is 2.67 bits per heavy atom. The van der Waals surface area contributed by atoms with Gasteiger partial charge in [0.05, 0.1) is 12.6 Å². The molecule has 0 saturated carbocycles. The van der Waals surface area contributed by atoms with Gasteiger partial charge >= 0.3 is 0 Å². The number of rotatable bonds is 7. The van der Waals surface area contributed by atoms with Crippen molar-refractivity contribution in [2.75, 3.05) is 20.3 Å². The van der Waals surface area contributed by atoms with E-state index in [4.69, 9.17) is 4.74 Å². The van der Waals surface area contributed by atoms with Crippen LogP contribution in [0.1, 0.15) is 29.2 Å². The first-order chi connectivity index (χ1) is 13.1. The first-order valence-corrected chi connectivity index (χ1v) is 9.21. The molecule has 2 atom stereocenters. The molecule has 2 aromatic rings. The molecule has 0 bridgehead atoms. The highest BCUT2D eigenvalue weighted by atomic mass is 16.5. The summed E-state index contributed by atoms with van der Waals surface area (Å²) in [4.78, 5) is 15.0. The average molecular weight is 369 g/mol. The van der Waals surface area contributed by atoms with E-state index in [9.17, 15) is 9.90 Å². The van der Waals surface area contributed by atoms with Gasteiger partial charge in [0.2, 0.25) is 5.91 Å². The van der Waals surface area contributed by atoms with Gasteiger partial charge in [-0.3, -0.25) is 4.79 Å². The number of hydrogen-bond acceptors (Lipinski definition) is 5. The smallest absolute Gasteiger partial charge is 0.241 e. The minimum Gasteiger partial charge on any atom is -0.508 e. The van der Waals surface area contributed by atoms with Crippen LogP contribution in [0.2, 0.25) is 0 Å². The predicted molar refractivity (Wildman–Crippen MR) is 104 cm³/mol. The Hall–Kier alpha value is -2.41. The summed E-state index contributed by atoms with van der Waals surface area (Å²) in [5, 5.41) is 10.1. The molecule has 1 saturated heterocycles. The Labute approximate surface area is 160 Å². The Bertz CT molecular complexity index is 781. The number of carbonyl (C=O) groups is 1. The lowest BCUT2D eigenvalue weighted by atomic mass is 10.0. The molecule has 1 aliphatic heterocycles. The van der Waals surface area contributed by atoms with Gasteiger partial charge in [0, 0.05) is 25.8 Å². The van der Waals surface area contributed by atoms with Crippen molar-refractivity contribution in [1.82, 2.24) is 15.8 Å². The van der Waals surface area contributed by atoms with Crippen molar-refractivity contribution in [3.63, 3.8) is 0 Å². The zero-order valence-electron chi connectivity index (χ0n) is 15.8. The molecule has 2 aromatic carbocycles. The number of carbonyl (C=O) groups excluding carboxylic acids is 1. The van der Waals surface area contributed by atoms with E-state index in [0.717, 1.165) is 16.7 Å². The molecule has 3 N–H and O–H groups in total. The number of phenolic OH excluding ortho intramolecular Hbond substituents is 1. The lowest BCUT2D eigenvalue weighted by molar-refractivity contribution is -0.134. The molecule has 6 nitrogen and oxygen atoms in total. The monoisotopic (exact) mass is 369 g/mol. The van der Waals surface area contributed by atoms with Crippen LogP contribution >= 0.6 is 0 Å². The third-order valence-corrected chi connectivity index (χ3v) is 5.01. The van der Waals surface area contributed by atoms with E-state index in [1.54, 1.807) is 19.2 Å². The van der Waals surface area contributed by atoms with E-state index >= 15 is 0 Å². The zero-order chi connectivity index (χ0) is 19.2. The average Bonchev–Trinajstić information content (AvgIpc) is 3.16. The van der Waals surface area contributed by atoms with Crippen LogP contribution in [0.15, 0.2) is 48.5 Å². The fourth-order valence-corrected chi connectivity index (χ4v) is 3.39. The Morgan fingerprint density at radius 1 is 1.19 bits per heavy atom.